The molecule has 0 spiro atoms. The zero-order valence-electron chi connectivity index (χ0n) is 9.53. The number of nitrogens with zero attached hydrogens (tertiary/aromatic N) is 1. The lowest BCUT2D eigenvalue weighted by Gasteiger charge is -1.99. The molecule has 0 aliphatic carbocycles. The number of hydrogen-bond donors (Lipinski definition) is 0. The second-order valence-corrected chi connectivity index (χ2v) is 3.69. The second kappa shape index (κ2) is 3.96. The smallest absolute Gasteiger partial charge is 0.377 e. The Kier molecular flexibility index (Phi) is 2.64. The van der Waals surface area contributed by atoms with E-state index in [0.717, 1.165) is 11.1 Å². The third-order valence-corrected chi connectivity index (χ3v) is 2.55. The van der Waals surface area contributed by atoms with Crippen molar-refractivity contribution in [1.29, 1.82) is 0 Å². The van der Waals surface area contributed by atoms with Gasteiger partial charge in [0, 0.05) is 0 Å². The van der Waals surface area contributed by atoms with Crippen LogP contribution in [0.4, 0.5) is 0 Å². The van der Waals surface area contributed by atoms with Crippen LogP contribution in [0.15, 0.2) is 16.7 Å². The van der Waals surface area contributed by atoms with Crippen LogP contribution < -0.4 is 0 Å². The molecule has 1 aromatic heterocycles. The molecule has 2 aromatic rings. The molecular weight excluding hydrogens is 206 g/mol. The summed E-state index contributed by atoms with van der Waals surface area (Å²) in [5.74, 6) is -0.284. The van der Waals surface area contributed by atoms with E-state index in [1.54, 1.807) is 6.92 Å². The largest absolute Gasteiger partial charge is 0.460 e. The molecule has 2 rings (SSSR count). The Morgan fingerprint density at radius 2 is 2.06 bits per heavy atom. The lowest BCUT2D eigenvalue weighted by Crippen LogP contribution is -2.03. The quantitative estimate of drug-likeness (QED) is 0.728. The van der Waals surface area contributed by atoms with E-state index in [0.29, 0.717) is 17.5 Å². The highest BCUT2D eigenvalue weighted by molar-refractivity contribution is 6.01. The Bertz CT molecular complexity index is 542. The van der Waals surface area contributed by atoms with Crippen molar-refractivity contribution in [3.63, 3.8) is 0 Å². The summed E-state index contributed by atoms with van der Waals surface area (Å²) in [6, 6.07) is 3.80. The number of aromatic nitrogens is 1. The third kappa shape index (κ3) is 1.66. The van der Waals surface area contributed by atoms with Gasteiger partial charge < -0.3 is 9.26 Å². The van der Waals surface area contributed by atoms with E-state index in [-0.39, 0.29) is 5.76 Å². The fourth-order valence-corrected chi connectivity index (χ4v) is 1.55. The van der Waals surface area contributed by atoms with Gasteiger partial charge in [-0.25, -0.2) is 4.79 Å². The van der Waals surface area contributed by atoms with Crippen LogP contribution in [-0.2, 0) is 4.74 Å². The lowest BCUT2D eigenvalue weighted by molar-refractivity contribution is 0.0483. The molecule has 0 saturated carbocycles. The molecule has 1 aromatic carbocycles. The van der Waals surface area contributed by atoms with Crippen LogP contribution in [0.3, 0.4) is 0 Å². The predicted molar refractivity (Wildman–Crippen MR) is 59.4 cm³/mol. The number of esters is 1. The molecule has 0 saturated heterocycles. The Morgan fingerprint density at radius 3 is 2.75 bits per heavy atom. The number of aryl methyl sites for hydroxylation is 2. The van der Waals surface area contributed by atoms with Gasteiger partial charge in [0.25, 0.3) is 5.76 Å². The fraction of sp³-hybridized carbons (Fsp3) is 0.333. The van der Waals surface area contributed by atoms with Gasteiger partial charge in [-0.15, -0.1) is 0 Å². The molecule has 0 radical (unpaired) electrons. The van der Waals surface area contributed by atoms with Crippen molar-refractivity contribution < 1.29 is 14.1 Å². The number of ether oxygens (including phenoxy) is 1. The van der Waals surface area contributed by atoms with Crippen LogP contribution >= 0.6 is 0 Å². The van der Waals surface area contributed by atoms with E-state index in [2.05, 4.69) is 5.16 Å². The van der Waals surface area contributed by atoms with Crippen LogP contribution in [0, 0.1) is 13.8 Å². The summed E-state index contributed by atoms with van der Waals surface area (Å²) < 4.78 is 9.91. The van der Waals surface area contributed by atoms with Crippen LogP contribution in [0.25, 0.3) is 10.9 Å². The maximum Gasteiger partial charge on any atom is 0.377 e. The summed E-state index contributed by atoms with van der Waals surface area (Å²) in [7, 11) is 0. The Balaban J connectivity index is 2.56. The summed E-state index contributed by atoms with van der Waals surface area (Å²) in [4.78, 5) is 11.6. The van der Waals surface area contributed by atoms with Gasteiger partial charge in [0.15, 0.2) is 0 Å². The summed E-state index contributed by atoms with van der Waals surface area (Å²) >= 11 is 0. The van der Waals surface area contributed by atoms with Crippen LogP contribution in [-0.4, -0.2) is 17.7 Å². The maximum absolute atomic E-state index is 11.6. The van der Waals surface area contributed by atoms with Gasteiger partial charge in [-0.1, -0.05) is 5.16 Å². The first-order valence-corrected chi connectivity index (χ1v) is 5.17. The minimum Gasteiger partial charge on any atom is -0.460 e. The van der Waals surface area contributed by atoms with E-state index < -0.39 is 5.97 Å². The van der Waals surface area contributed by atoms with E-state index in [1.165, 1.54) is 0 Å². The van der Waals surface area contributed by atoms with Gasteiger partial charge in [-0.3, -0.25) is 0 Å². The SMILES string of the molecule is CCOC(=O)c1onc2cc(C)c(C)cc12. The number of carbonyl (C=O) groups is 1. The van der Waals surface area contributed by atoms with Crippen molar-refractivity contribution in [1.82, 2.24) is 5.16 Å². The molecule has 0 fully saturated rings. The van der Waals surface area contributed by atoms with E-state index >= 15 is 0 Å². The number of carbonyl (C=O) groups excluding carboxylic acids is 1. The molecular formula is C12H13NO3. The topological polar surface area (TPSA) is 52.3 Å². The minimum atomic E-state index is -0.465. The standard InChI is InChI=1S/C12H13NO3/c1-4-15-12(14)11-9-5-7(2)8(3)6-10(9)13-16-11/h5-6H,4H2,1-3H3. The number of benzene rings is 1. The number of fused-ring (bicyclic) bond motifs is 1. The van der Waals surface area contributed by atoms with Gasteiger partial charge in [0.05, 0.1) is 12.0 Å². The van der Waals surface area contributed by atoms with Crippen molar-refractivity contribution in [2.45, 2.75) is 20.8 Å². The van der Waals surface area contributed by atoms with Gasteiger partial charge >= 0.3 is 5.97 Å². The van der Waals surface area contributed by atoms with Gasteiger partial charge in [-0.05, 0) is 44.0 Å². The number of hydrogen-bond acceptors (Lipinski definition) is 4. The van der Waals surface area contributed by atoms with Crippen LogP contribution in [0.2, 0.25) is 0 Å². The first-order valence-electron chi connectivity index (χ1n) is 5.17. The maximum atomic E-state index is 11.6. The Hall–Kier alpha value is -1.84. The van der Waals surface area contributed by atoms with Crippen LogP contribution in [0.5, 0.6) is 0 Å². The second-order valence-electron chi connectivity index (χ2n) is 3.69. The van der Waals surface area contributed by atoms with Crippen molar-refractivity contribution >= 4 is 16.9 Å². The summed E-state index contributed by atoms with van der Waals surface area (Å²) in [6.07, 6.45) is 0. The third-order valence-electron chi connectivity index (χ3n) is 2.55. The molecule has 0 atom stereocenters. The Labute approximate surface area is 93.2 Å². The van der Waals surface area contributed by atoms with Gasteiger partial charge in [0.2, 0.25) is 0 Å². The first kappa shape index (κ1) is 10.7. The molecule has 4 nitrogen and oxygen atoms in total. The van der Waals surface area contributed by atoms with Gasteiger partial charge in [0.1, 0.15) is 5.52 Å². The molecule has 0 N–H and O–H groups in total. The highest BCUT2D eigenvalue weighted by Crippen LogP contribution is 2.22. The van der Waals surface area contributed by atoms with Gasteiger partial charge in [-0.2, -0.15) is 0 Å². The first-order chi connectivity index (χ1) is 7.63. The molecule has 0 amide bonds. The average Bonchev–Trinajstić information content (AvgIpc) is 2.62. The summed E-state index contributed by atoms with van der Waals surface area (Å²) in [5, 5.41) is 4.56. The average molecular weight is 219 g/mol. The molecule has 0 unspecified atom stereocenters. The van der Waals surface area contributed by atoms with E-state index in [1.807, 2.05) is 26.0 Å². The monoisotopic (exact) mass is 219 g/mol. The Morgan fingerprint density at radius 1 is 1.38 bits per heavy atom. The summed E-state index contributed by atoms with van der Waals surface area (Å²) in [5.41, 5.74) is 2.91. The molecule has 16 heavy (non-hydrogen) atoms. The van der Waals surface area contributed by atoms with Crippen LogP contribution in [0.1, 0.15) is 28.6 Å². The fourth-order valence-electron chi connectivity index (χ4n) is 1.55. The zero-order chi connectivity index (χ0) is 11.7. The zero-order valence-corrected chi connectivity index (χ0v) is 9.53. The summed E-state index contributed by atoms with van der Waals surface area (Å²) in [6.45, 7) is 6.06. The van der Waals surface area contributed by atoms with Crippen molar-refractivity contribution in [2.75, 3.05) is 6.61 Å². The van der Waals surface area contributed by atoms with Crippen molar-refractivity contribution in [3.8, 4) is 0 Å². The molecule has 0 aliphatic heterocycles. The predicted octanol–water partition coefficient (Wildman–Crippen LogP) is 2.62. The molecule has 4 heteroatoms. The molecule has 0 bridgehead atoms. The normalized spacial score (nSPS) is 10.7. The minimum absolute atomic E-state index is 0.181. The highest BCUT2D eigenvalue weighted by Gasteiger charge is 2.18. The van der Waals surface area contributed by atoms with E-state index in [9.17, 15) is 4.79 Å². The number of rotatable bonds is 2. The lowest BCUT2D eigenvalue weighted by atomic mass is 10.1. The van der Waals surface area contributed by atoms with Crippen molar-refractivity contribution in [3.05, 3.63) is 29.0 Å². The van der Waals surface area contributed by atoms with E-state index in [4.69, 9.17) is 9.26 Å². The van der Waals surface area contributed by atoms with Crippen molar-refractivity contribution in [2.24, 2.45) is 0 Å². The molecule has 0 aliphatic rings. The molecule has 1 heterocycles. The molecule has 84 valence electrons. The highest BCUT2D eigenvalue weighted by atomic mass is 16.6.